The molecule has 0 aliphatic carbocycles. The SMILES string of the molecule is C=C1C[C@H](C)OC2(CC(c3ncc(-c4ccc(-c5ccc(-c6cnc([C@@H]7CC8(CN7C(=O)[C@@H](NC(=O)OC)C(C)C)O[C@@H](C)C[C@H](C)O8)[nH]6)cc5)cc4)[nH]3)N(C(=O)[C@@H](NC(=O)OC)C(C)C)C2)O1. The van der Waals surface area contributed by atoms with Gasteiger partial charge in [0.1, 0.15) is 23.7 Å². The number of ether oxygens (including phenoxy) is 6. The molecule has 18 nitrogen and oxygen atoms in total. The summed E-state index contributed by atoms with van der Waals surface area (Å²) in [5.41, 5.74) is 5.35. The smallest absolute Gasteiger partial charge is 0.407 e. The maximum absolute atomic E-state index is 14.3. The second-order valence-corrected chi connectivity index (χ2v) is 19.3. The average Bonchev–Trinajstić information content (AvgIpc) is 4.12. The van der Waals surface area contributed by atoms with Crippen LogP contribution in [0.5, 0.6) is 0 Å². The zero-order valence-corrected chi connectivity index (χ0v) is 40.3. The molecule has 4 aromatic rings. The molecule has 4 N–H and O–H groups in total. The standard InChI is InChI=1S/C50H64N8O10/c1-27(2)41(55-47(61)63-9)45(59)57-25-49(65-29(5)19-30(6)66-49)21-39(57)43-51-23-37(53-43)35-15-11-33(12-16-35)34-13-17-36(18-14-34)38-24-52-44(54-38)40-22-50(67-31(7)20-32(8)68-50)26-58(40)46(60)42(28(3)4)56-48(62)64-10/h11-18,23-24,27-28,30-32,39-42H,5,19-22,25-26H2,1-4,6-10H3,(H,51,53)(H,52,54)(H,55,61)(H,56,62)/t30-,31-,32-,39?,40-,41-,42-,49?/m0/s1. The lowest BCUT2D eigenvalue weighted by Crippen LogP contribution is -2.53. The molecule has 2 unspecified atom stereocenters. The lowest BCUT2D eigenvalue weighted by atomic mass is 10.0. The highest BCUT2D eigenvalue weighted by atomic mass is 16.7. The van der Waals surface area contributed by atoms with Crippen molar-refractivity contribution in [2.45, 2.75) is 128 Å². The number of methoxy groups -OCH3 is 2. The number of benzene rings is 2. The normalized spacial score (nSPS) is 26.8. The molecule has 18 heteroatoms. The molecule has 8 atom stereocenters. The van der Waals surface area contributed by atoms with Crippen LogP contribution in [0.3, 0.4) is 0 Å². The third-order valence-corrected chi connectivity index (χ3v) is 13.2. The van der Waals surface area contributed by atoms with Crippen LogP contribution in [0.1, 0.15) is 97.9 Å². The topological polar surface area (TPSA) is 212 Å². The van der Waals surface area contributed by atoms with Gasteiger partial charge in [-0.15, -0.1) is 0 Å². The Morgan fingerprint density at radius 2 is 1.06 bits per heavy atom. The van der Waals surface area contributed by atoms with E-state index in [-0.39, 0.29) is 55.1 Å². The van der Waals surface area contributed by atoms with Crippen LogP contribution < -0.4 is 10.6 Å². The van der Waals surface area contributed by atoms with E-state index in [0.29, 0.717) is 36.7 Å². The van der Waals surface area contributed by atoms with E-state index >= 15 is 0 Å². The largest absolute Gasteiger partial charge is 0.465 e. The summed E-state index contributed by atoms with van der Waals surface area (Å²) in [5, 5.41) is 5.43. The number of carbonyl (C=O) groups excluding carboxylic acids is 4. The van der Waals surface area contributed by atoms with Gasteiger partial charge in [-0.25, -0.2) is 19.6 Å². The van der Waals surface area contributed by atoms with E-state index in [1.807, 2.05) is 97.0 Å². The molecule has 2 spiro atoms. The fraction of sp³-hybridized carbons (Fsp3) is 0.520. The van der Waals surface area contributed by atoms with Crippen LogP contribution >= 0.6 is 0 Å². The highest BCUT2D eigenvalue weighted by molar-refractivity contribution is 5.87. The fourth-order valence-corrected chi connectivity index (χ4v) is 10.1. The Bertz CT molecular complexity index is 2480. The third-order valence-electron chi connectivity index (χ3n) is 13.2. The van der Waals surface area contributed by atoms with E-state index in [9.17, 15) is 19.2 Å². The summed E-state index contributed by atoms with van der Waals surface area (Å²) in [6, 6.07) is 13.5. The van der Waals surface area contributed by atoms with Gasteiger partial charge in [-0.2, -0.15) is 0 Å². The number of rotatable bonds is 11. The summed E-state index contributed by atoms with van der Waals surface area (Å²) >= 11 is 0. The Balaban J connectivity index is 0.990. The van der Waals surface area contributed by atoms with E-state index in [0.717, 1.165) is 40.1 Å². The third kappa shape index (κ3) is 9.98. The minimum atomic E-state index is -1.12. The summed E-state index contributed by atoms with van der Waals surface area (Å²) in [6.07, 6.45) is 3.81. The van der Waals surface area contributed by atoms with Crippen molar-refractivity contribution in [3.05, 3.63) is 84.9 Å². The van der Waals surface area contributed by atoms with Gasteiger partial charge in [-0.3, -0.25) is 9.59 Å². The zero-order chi connectivity index (χ0) is 48.7. The fourth-order valence-electron chi connectivity index (χ4n) is 10.1. The van der Waals surface area contributed by atoms with Gasteiger partial charge in [0.15, 0.2) is 5.79 Å². The number of nitrogens with one attached hydrogen (secondary N) is 4. The van der Waals surface area contributed by atoms with Crippen LogP contribution in [0, 0.1) is 11.8 Å². The van der Waals surface area contributed by atoms with Gasteiger partial charge in [-0.05, 0) is 61.3 Å². The lowest BCUT2D eigenvalue weighted by Gasteiger charge is -2.40. The van der Waals surface area contributed by atoms with E-state index < -0.39 is 47.9 Å². The first-order valence-electron chi connectivity index (χ1n) is 23.4. The van der Waals surface area contributed by atoms with Crippen molar-refractivity contribution in [3.63, 3.8) is 0 Å². The van der Waals surface area contributed by atoms with E-state index in [2.05, 4.69) is 27.2 Å². The van der Waals surface area contributed by atoms with Crippen molar-refractivity contribution in [1.82, 2.24) is 40.4 Å². The predicted molar refractivity (Wildman–Crippen MR) is 250 cm³/mol. The van der Waals surface area contributed by atoms with Crippen LogP contribution in [-0.2, 0) is 38.0 Å². The summed E-state index contributed by atoms with van der Waals surface area (Å²) < 4.78 is 35.2. The number of hydrogen-bond donors (Lipinski definition) is 4. The molecule has 6 heterocycles. The molecule has 0 saturated carbocycles. The van der Waals surface area contributed by atoms with Crippen molar-refractivity contribution in [3.8, 4) is 33.6 Å². The van der Waals surface area contributed by atoms with E-state index in [1.54, 1.807) is 22.2 Å². The van der Waals surface area contributed by atoms with Crippen molar-refractivity contribution < 1.29 is 47.6 Å². The molecule has 8 rings (SSSR count). The number of alkyl carbamates (subject to hydrolysis) is 2. The Morgan fingerprint density at radius 1 is 0.662 bits per heavy atom. The number of hydrogen-bond acceptors (Lipinski definition) is 12. The van der Waals surface area contributed by atoms with Gasteiger partial charge in [0.25, 0.3) is 0 Å². The molecule has 4 fully saturated rings. The second kappa shape index (κ2) is 19.4. The van der Waals surface area contributed by atoms with Crippen LogP contribution in [0.15, 0.2) is 73.3 Å². The Hall–Kier alpha value is -6.24. The molecule has 68 heavy (non-hydrogen) atoms. The van der Waals surface area contributed by atoms with Crippen molar-refractivity contribution >= 4 is 24.0 Å². The van der Waals surface area contributed by atoms with Crippen molar-refractivity contribution in [2.24, 2.45) is 11.8 Å². The number of nitrogens with zero attached hydrogens (tertiary/aromatic N) is 4. The maximum atomic E-state index is 14.3. The number of aromatic nitrogens is 4. The second-order valence-electron chi connectivity index (χ2n) is 19.3. The Morgan fingerprint density at radius 3 is 1.47 bits per heavy atom. The number of H-pyrrole nitrogens is 2. The molecular weight excluding hydrogens is 873 g/mol. The summed E-state index contributed by atoms with van der Waals surface area (Å²) in [4.78, 5) is 73.0. The van der Waals surface area contributed by atoms with E-state index in [4.69, 9.17) is 38.4 Å². The van der Waals surface area contributed by atoms with Crippen molar-refractivity contribution in [2.75, 3.05) is 27.3 Å². The van der Waals surface area contributed by atoms with Crippen LogP contribution in [0.2, 0.25) is 0 Å². The molecule has 0 radical (unpaired) electrons. The molecular formula is C50H64N8O10. The minimum Gasteiger partial charge on any atom is -0.465 e. The van der Waals surface area contributed by atoms with Gasteiger partial charge in [-0.1, -0.05) is 82.8 Å². The molecule has 4 aliphatic heterocycles. The highest BCUT2D eigenvalue weighted by Gasteiger charge is 2.55. The van der Waals surface area contributed by atoms with Gasteiger partial charge >= 0.3 is 12.2 Å². The maximum Gasteiger partial charge on any atom is 0.407 e. The first kappa shape index (κ1) is 48.2. The van der Waals surface area contributed by atoms with Gasteiger partial charge < -0.3 is 58.8 Å². The minimum absolute atomic E-state index is 0.0648. The summed E-state index contributed by atoms with van der Waals surface area (Å²) in [6.45, 7) is 17.8. The number of likely N-dealkylation sites (tertiary alicyclic amines) is 2. The number of carbonyl (C=O) groups is 4. The van der Waals surface area contributed by atoms with Gasteiger partial charge in [0, 0.05) is 19.3 Å². The molecule has 364 valence electrons. The number of amides is 4. The monoisotopic (exact) mass is 936 g/mol. The van der Waals surface area contributed by atoms with Crippen LogP contribution in [0.25, 0.3) is 33.6 Å². The molecule has 2 aromatic carbocycles. The lowest BCUT2D eigenvalue weighted by molar-refractivity contribution is -0.303. The molecule has 4 saturated heterocycles. The predicted octanol–water partition coefficient (Wildman–Crippen LogP) is 7.39. The Kier molecular flexibility index (Phi) is 13.8. The summed E-state index contributed by atoms with van der Waals surface area (Å²) in [5.74, 6) is -1.42. The van der Waals surface area contributed by atoms with Crippen LogP contribution in [0.4, 0.5) is 9.59 Å². The summed E-state index contributed by atoms with van der Waals surface area (Å²) in [7, 11) is 2.54. The number of aromatic amines is 2. The van der Waals surface area contributed by atoms with E-state index in [1.165, 1.54) is 14.2 Å². The molecule has 4 aliphatic rings. The van der Waals surface area contributed by atoms with Gasteiger partial charge in [0.2, 0.25) is 17.6 Å². The van der Waals surface area contributed by atoms with Crippen molar-refractivity contribution in [1.29, 1.82) is 0 Å². The molecule has 2 aromatic heterocycles. The first-order valence-corrected chi connectivity index (χ1v) is 23.4. The molecule has 0 bridgehead atoms. The first-order chi connectivity index (χ1) is 32.4. The van der Waals surface area contributed by atoms with Gasteiger partial charge in [0.05, 0.1) is 87.2 Å². The zero-order valence-electron chi connectivity index (χ0n) is 40.3. The highest BCUT2D eigenvalue weighted by Crippen LogP contribution is 2.46. The quantitative estimate of drug-likeness (QED) is 0.116. The number of imidazole rings is 2. The Labute approximate surface area is 396 Å². The average molecular weight is 937 g/mol. The molecule has 4 amide bonds. The van der Waals surface area contributed by atoms with Crippen LogP contribution in [-0.4, -0.2) is 123 Å².